The first-order valence-electron chi connectivity index (χ1n) is 5.63. The molecule has 1 saturated carbocycles. The van der Waals surface area contributed by atoms with Crippen LogP contribution in [-0.2, 0) is 9.53 Å². The fourth-order valence-electron chi connectivity index (χ4n) is 2.20. The fourth-order valence-corrected chi connectivity index (χ4v) is 2.20. The van der Waals surface area contributed by atoms with Gasteiger partial charge in [-0.05, 0) is 25.7 Å². The Morgan fingerprint density at radius 3 is 2.69 bits per heavy atom. The zero-order valence-electron chi connectivity index (χ0n) is 9.63. The monoisotopic (exact) mass is 236 g/mol. The summed E-state index contributed by atoms with van der Waals surface area (Å²) in [5.74, 6) is -6.03. The van der Waals surface area contributed by atoms with Crippen LogP contribution in [0.15, 0.2) is 0 Å². The van der Waals surface area contributed by atoms with Gasteiger partial charge in [0.05, 0.1) is 6.61 Å². The molecule has 0 aliphatic heterocycles. The quantitative estimate of drug-likeness (QED) is 0.763. The van der Waals surface area contributed by atoms with E-state index < -0.39 is 23.4 Å². The predicted octanol–water partition coefficient (Wildman–Crippen LogP) is 2.13. The van der Waals surface area contributed by atoms with E-state index >= 15 is 0 Å². The summed E-state index contributed by atoms with van der Waals surface area (Å²) in [6.07, 6.45) is 1.77. The van der Waals surface area contributed by atoms with Crippen LogP contribution < -0.4 is 0 Å². The molecule has 16 heavy (non-hydrogen) atoms. The number of ether oxygens (including phenoxy) is 1. The maximum Gasteiger partial charge on any atom is 0.380 e. The number of halogens is 2. The van der Waals surface area contributed by atoms with E-state index in [0.717, 1.165) is 6.42 Å². The van der Waals surface area contributed by atoms with E-state index in [1.807, 2.05) is 0 Å². The Kier molecular flexibility index (Phi) is 3.88. The van der Waals surface area contributed by atoms with Crippen LogP contribution in [0.4, 0.5) is 8.78 Å². The van der Waals surface area contributed by atoms with Crippen molar-refractivity contribution in [2.24, 2.45) is 5.92 Å². The smallest absolute Gasteiger partial charge is 0.380 e. The van der Waals surface area contributed by atoms with Gasteiger partial charge in [0, 0.05) is 0 Å². The number of alkyl halides is 2. The Hall–Kier alpha value is -0.710. The van der Waals surface area contributed by atoms with Gasteiger partial charge < -0.3 is 9.84 Å². The molecule has 1 N–H and O–H groups in total. The van der Waals surface area contributed by atoms with Crippen molar-refractivity contribution in [3.63, 3.8) is 0 Å². The number of hydrogen-bond acceptors (Lipinski definition) is 3. The maximum absolute atomic E-state index is 13.8. The standard InChI is InChI=1S/C11H18F2O3/c1-3-16-9(14)11(12,13)10(15)7-5-4-6-8(10)2/h8,15H,3-7H2,1-2H3. The Balaban J connectivity index is 2.90. The highest BCUT2D eigenvalue weighted by molar-refractivity contribution is 5.79. The second kappa shape index (κ2) is 4.65. The van der Waals surface area contributed by atoms with E-state index in [9.17, 15) is 18.7 Å². The Morgan fingerprint density at radius 2 is 2.19 bits per heavy atom. The van der Waals surface area contributed by atoms with Gasteiger partial charge in [0.15, 0.2) is 0 Å². The van der Waals surface area contributed by atoms with E-state index in [4.69, 9.17) is 0 Å². The molecule has 1 aliphatic rings. The summed E-state index contributed by atoms with van der Waals surface area (Å²) in [7, 11) is 0. The van der Waals surface area contributed by atoms with Crippen LogP contribution >= 0.6 is 0 Å². The molecule has 2 atom stereocenters. The summed E-state index contributed by atoms with van der Waals surface area (Å²) in [4.78, 5) is 11.2. The zero-order valence-corrected chi connectivity index (χ0v) is 9.63. The van der Waals surface area contributed by atoms with Crippen LogP contribution in [0.25, 0.3) is 0 Å². The van der Waals surface area contributed by atoms with E-state index in [0.29, 0.717) is 12.8 Å². The van der Waals surface area contributed by atoms with Gasteiger partial charge in [0.1, 0.15) is 5.60 Å². The molecule has 94 valence electrons. The van der Waals surface area contributed by atoms with Crippen molar-refractivity contribution in [1.82, 2.24) is 0 Å². The van der Waals surface area contributed by atoms with Gasteiger partial charge in [-0.1, -0.05) is 19.8 Å². The maximum atomic E-state index is 13.8. The first-order chi connectivity index (χ1) is 7.36. The van der Waals surface area contributed by atoms with Gasteiger partial charge in [0.2, 0.25) is 0 Å². The molecule has 1 fully saturated rings. The first-order valence-corrected chi connectivity index (χ1v) is 5.63. The number of hydrogen-bond donors (Lipinski definition) is 1. The minimum absolute atomic E-state index is 0.0556. The zero-order chi connectivity index (χ0) is 12.4. The Bertz CT molecular complexity index is 268. The molecular formula is C11H18F2O3. The van der Waals surface area contributed by atoms with Crippen molar-refractivity contribution in [2.45, 2.75) is 51.1 Å². The summed E-state index contributed by atoms with van der Waals surface area (Å²) in [5, 5.41) is 10.0. The predicted molar refractivity (Wildman–Crippen MR) is 54.2 cm³/mol. The highest BCUT2D eigenvalue weighted by atomic mass is 19.3. The molecule has 0 saturated heterocycles. The number of carbonyl (C=O) groups excluding carboxylic acids is 1. The van der Waals surface area contributed by atoms with Crippen molar-refractivity contribution < 1.29 is 23.4 Å². The number of rotatable bonds is 3. The molecular weight excluding hydrogens is 218 g/mol. The molecule has 0 aromatic carbocycles. The minimum atomic E-state index is -3.82. The molecule has 0 radical (unpaired) electrons. The van der Waals surface area contributed by atoms with Gasteiger partial charge in [-0.15, -0.1) is 0 Å². The van der Waals surface area contributed by atoms with Crippen LogP contribution in [0, 0.1) is 5.92 Å². The minimum Gasteiger partial charge on any atom is -0.461 e. The topological polar surface area (TPSA) is 46.5 Å². The third-order valence-corrected chi connectivity index (χ3v) is 3.34. The van der Waals surface area contributed by atoms with Crippen LogP contribution in [-0.4, -0.2) is 29.2 Å². The summed E-state index contributed by atoms with van der Waals surface area (Å²) >= 11 is 0. The fraction of sp³-hybridized carbons (Fsp3) is 0.909. The molecule has 3 nitrogen and oxygen atoms in total. The highest BCUT2D eigenvalue weighted by Crippen LogP contribution is 2.44. The molecule has 0 aromatic rings. The van der Waals surface area contributed by atoms with E-state index in [-0.39, 0.29) is 13.0 Å². The van der Waals surface area contributed by atoms with Gasteiger partial charge in [-0.3, -0.25) is 0 Å². The van der Waals surface area contributed by atoms with Crippen molar-refractivity contribution >= 4 is 5.97 Å². The Morgan fingerprint density at radius 1 is 1.56 bits per heavy atom. The number of carbonyl (C=O) groups is 1. The highest BCUT2D eigenvalue weighted by Gasteiger charge is 2.62. The van der Waals surface area contributed by atoms with Crippen LogP contribution in [0.2, 0.25) is 0 Å². The van der Waals surface area contributed by atoms with Gasteiger partial charge in [-0.25, -0.2) is 4.79 Å². The summed E-state index contributed by atoms with van der Waals surface area (Å²) < 4.78 is 31.9. The average molecular weight is 236 g/mol. The summed E-state index contributed by atoms with van der Waals surface area (Å²) in [6.45, 7) is 2.90. The van der Waals surface area contributed by atoms with Crippen molar-refractivity contribution in [1.29, 1.82) is 0 Å². The SMILES string of the molecule is CCOC(=O)C(F)(F)C1(O)CCCCC1C. The average Bonchev–Trinajstić information content (AvgIpc) is 2.22. The molecule has 0 amide bonds. The largest absolute Gasteiger partial charge is 0.461 e. The summed E-state index contributed by atoms with van der Waals surface area (Å²) in [6, 6.07) is 0. The Labute approximate surface area is 93.8 Å². The summed E-state index contributed by atoms with van der Waals surface area (Å²) in [5.41, 5.74) is -2.25. The third kappa shape index (κ3) is 2.05. The first kappa shape index (κ1) is 13.4. The lowest BCUT2D eigenvalue weighted by atomic mass is 9.72. The van der Waals surface area contributed by atoms with Crippen LogP contribution in [0.1, 0.15) is 39.5 Å². The van der Waals surface area contributed by atoms with Crippen molar-refractivity contribution in [3.8, 4) is 0 Å². The molecule has 0 aromatic heterocycles. The molecule has 5 heteroatoms. The lowest BCUT2D eigenvalue weighted by Gasteiger charge is -2.41. The lowest BCUT2D eigenvalue weighted by Crippen LogP contribution is -2.58. The lowest BCUT2D eigenvalue weighted by molar-refractivity contribution is -0.233. The second-order valence-corrected chi connectivity index (χ2v) is 4.37. The van der Waals surface area contributed by atoms with Gasteiger partial charge >= 0.3 is 11.9 Å². The van der Waals surface area contributed by atoms with Crippen molar-refractivity contribution in [3.05, 3.63) is 0 Å². The molecule has 0 heterocycles. The molecule has 1 rings (SSSR count). The number of aliphatic hydroxyl groups is 1. The normalized spacial score (nSPS) is 31.2. The molecule has 0 spiro atoms. The van der Waals surface area contributed by atoms with Crippen molar-refractivity contribution in [2.75, 3.05) is 6.61 Å². The number of esters is 1. The molecule has 1 aliphatic carbocycles. The van der Waals surface area contributed by atoms with Gasteiger partial charge in [0.25, 0.3) is 0 Å². The third-order valence-electron chi connectivity index (χ3n) is 3.34. The second-order valence-electron chi connectivity index (χ2n) is 4.37. The van der Waals surface area contributed by atoms with E-state index in [1.165, 1.54) is 6.92 Å². The van der Waals surface area contributed by atoms with Gasteiger partial charge in [-0.2, -0.15) is 8.78 Å². The molecule has 0 bridgehead atoms. The van der Waals surface area contributed by atoms with Crippen LogP contribution in [0.3, 0.4) is 0 Å². The van der Waals surface area contributed by atoms with Crippen LogP contribution in [0.5, 0.6) is 0 Å². The van der Waals surface area contributed by atoms with E-state index in [1.54, 1.807) is 6.92 Å². The molecule has 2 unspecified atom stereocenters. The van der Waals surface area contributed by atoms with E-state index in [2.05, 4.69) is 4.74 Å².